The van der Waals surface area contributed by atoms with Crippen molar-refractivity contribution >= 4 is 37.8 Å². The summed E-state index contributed by atoms with van der Waals surface area (Å²) in [5.41, 5.74) is -1.25. The molecule has 1 N–H and O–H groups in total. The number of halogens is 5. The highest BCUT2D eigenvalue weighted by Crippen LogP contribution is 2.46. The van der Waals surface area contributed by atoms with E-state index in [0.717, 1.165) is 24.2 Å². The molecule has 110 valence electrons. The second kappa shape index (κ2) is 5.67. The Labute approximate surface area is 131 Å². The summed E-state index contributed by atoms with van der Waals surface area (Å²) in [4.78, 5) is 12.0. The Kier molecular flexibility index (Phi) is 4.49. The summed E-state index contributed by atoms with van der Waals surface area (Å²) in [6.07, 6.45) is -2.60. The summed E-state index contributed by atoms with van der Waals surface area (Å²) in [6, 6.07) is 3.55. The van der Waals surface area contributed by atoms with Gasteiger partial charge in [0.15, 0.2) is 0 Å². The maximum atomic E-state index is 12.9. The monoisotopic (exact) mass is 413 g/mol. The average Bonchev–Trinajstić information content (AvgIpc) is 3.15. The quantitative estimate of drug-likeness (QED) is 0.728. The first-order valence-electron chi connectivity index (χ1n) is 5.98. The van der Waals surface area contributed by atoms with Crippen LogP contribution in [0.15, 0.2) is 22.7 Å². The van der Waals surface area contributed by atoms with Gasteiger partial charge in [-0.3, -0.25) is 4.79 Å². The lowest BCUT2D eigenvalue weighted by atomic mass is 10.1. The Hall–Kier alpha value is -0.560. The second-order valence-electron chi connectivity index (χ2n) is 5.00. The molecular weight excluding hydrogens is 403 g/mol. The first-order valence-corrected chi connectivity index (χ1v) is 7.90. The molecule has 1 aliphatic carbocycles. The van der Waals surface area contributed by atoms with Crippen molar-refractivity contribution < 1.29 is 18.0 Å². The van der Waals surface area contributed by atoms with Crippen molar-refractivity contribution in [1.82, 2.24) is 5.32 Å². The van der Waals surface area contributed by atoms with E-state index in [1.807, 2.05) is 0 Å². The predicted octanol–water partition coefficient (Wildman–Crippen LogP) is 4.37. The third-order valence-corrected chi connectivity index (χ3v) is 5.08. The standard InChI is InChI=1S/C13H12Br2F3NO/c14-6-12(3-4-12)7-19-11(20)9-2-1-8(15)5-10(9)13(16,17)18/h1-2,5H,3-4,6-7H2,(H,19,20). The molecule has 0 heterocycles. The zero-order valence-electron chi connectivity index (χ0n) is 10.4. The van der Waals surface area contributed by atoms with Crippen LogP contribution in [0.2, 0.25) is 0 Å². The van der Waals surface area contributed by atoms with Gasteiger partial charge in [-0.2, -0.15) is 13.2 Å². The zero-order chi connectivity index (χ0) is 15.0. The number of rotatable bonds is 4. The van der Waals surface area contributed by atoms with Crippen LogP contribution in [0.25, 0.3) is 0 Å². The number of alkyl halides is 4. The second-order valence-corrected chi connectivity index (χ2v) is 6.48. The minimum absolute atomic E-state index is 0.0173. The van der Waals surface area contributed by atoms with Crippen molar-refractivity contribution in [2.24, 2.45) is 5.41 Å². The fourth-order valence-electron chi connectivity index (χ4n) is 1.85. The topological polar surface area (TPSA) is 29.1 Å². The summed E-state index contributed by atoms with van der Waals surface area (Å²) >= 11 is 6.35. The smallest absolute Gasteiger partial charge is 0.351 e. The summed E-state index contributed by atoms with van der Waals surface area (Å²) in [5.74, 6) is -0.683. The van der Waals surface area contributed by atoms with Crippen molar-refractivity contribution in [2.45, 2.75) is 19.0 Å². The van der Waals surface area contributed by atoms with E-state index < -0.39 is 17.6 Å². The fraction of sp³-hybridized carbons (Fsp3) is 0.462. The normalized spacial score (nSPS) is 16.9. The van der Waals surface area contributed by atoms with Crippen LogP contribution in [0.5, 0.6) is 0 Å². The molecule has 1 amide bonds. The molecule has 0 aliphatic heterocycles. The average molecular weight is 415 g/mol. The number of hydrogen-bond acceptors (Lipinski definition) is 1. The molecule has 1 saturated carbocycles. The minimum Gasteiger partial charge on any atom is -0.351 e. The number of amides is 1. The van der Waals surface area contributed by atoms with Crippen LogP contribution in [0, 0.1) is 5.41 Å². The van der Waals surface area contributed by atoms with Crippen molar-refractivity contribution in [1.29, 1.82) is 0 Å². The maximum absolute atomic E-state index is 12.9. The molecule has 0 bridgehead atoms. The van der Waals surface area contributed by atoms with Gasteiger partial charge in [-0.15, -0.1) is 0 Å². The number of hydrogen-bond donors (Lipinski definition) is 1. The summed E-state index contributed by atoms with van der Waals surface area (Å²) in [7, 11) is 0. The Morgan fingerprint density at radius 3 is 2.50 bits per heavy atom. The molecule has 2 rings (SSSR count). The van der Waals surface area contributed by atoms with E-state index in [1.165, 1.54) is 12.1 Å². The molecule has 1 aromatic carbocycles. The highest BCUT2D eigenvalue weighted by molar-refractivity contribution is 9.10. The van der Waals surface area contributed by atoms with E-state index in [0.29, 0.717) is 11.0 Å². The van der Waals surface area contributed by atoms with Gasteiger partial charge < -0.3 is 5.32 Å². The third-order valence-electron chi connectivity index (χ3n) is 3.40. The fourth-order valence-corrected chi connectivity index (χ4v) is 2.97. The zero-order valence-corrected chi connectivity index (χ0v) is 13.5. The predicted molar refractivity (Wildman–Crippen MR) is 76.9 cm³/mol. The molecule has 20 heavy (non-hydrogen) atoms. The molecule has 0 spiro atoms. The Bertz CT molecular complexity index is 527. The van der Waals surface area contributed by atoms with Crippen LogP contribution in [0.1, 0.15) is 28.8 Å². The lowest BCUT2D eigenvalue weighted by Crippen LogP contribution is -2.32. The van der Waals surface area contributed by atoms with Gasteiger partial charge in [-0.05, 0) is 36.5 Å². The first kappa shape index (κ1) is 15.8. The molecule has 0 unspecified atom stereocenters. The van der Waals surface area contributed by atoms with Gasteiger partial charge in [0.05, 0.1) is 11.1 Å². The molecule has 1 aromatic rings. The van der Waals surface area contributed by atoms with E-state index in [2.05, 4.69) is 37.2 Å². The van der Waals surface area contributed by atoms with Gasteiger partial charge in [0.25, 0.3) is 5.91 Å². The van der Waals surface area contributed by atoms with Crippen LogP contribution >= 0.6 is 31.9 Å². The van der Waals surface area contributed by atoms with Gasteiger partial charge in [0.2, 0.25) is 0 Å². The molecule has 7 heteroatoms. The van der Waals surface area contributed by atoms with Crippen LogP contribution in [-0.2, 0) is 6.18 Å². The van der Waals surface area contributed by atoms with Crippen LogP contribution in [0.4, 0.5) is 13.2 Å². The molecule has 0 atom stereocenters. The van der Waals surface area contributed by atoms with Gasteiger partial charge in [0.1, 0.15) is 0 Å². The SMILES string of the molecule is O=C(NCC1(CBr)CC1)c1ccc(Br)cc1C(F)(F)F. The van der Waals surface area contributed by atoms with Crippen molar-refractivity contribution in [3.05, 3.63) is 33.8 Å². The van der Waals surface area contributed by atoms with Gasteiger partial charge in [-0.1, -0.05) is 31.9 Å². The van der Waals surface area contributed by atoms with Gasteiger partial charge in [0, 0.05) is 16.3 Å². The first-order chi connectivity index (χ1) is 9.27. The molecule has 0 saturated heterocycles. The molecule has 2 nitrogen and oxygen atoms in total. The Morgan fingerprint density at radius 1 is 1.35 bits per heavy atom. The molecule has 0 radical (unpaired) electrons. The van der Waals surface area contributed by atoms with Crippen molar-refractivity contribution in [2.75, 3.05) is 11.9 Å². The molecule has 1 fully saturated rings. The van der Waals surface area contributed by atoms with E-state index in [4.69, 9.17) is 0 Å². The van der Waals surface area contributed by atoms with Gasteiger partial charge >= 0.3 is 6.18 Å². The Balaban J connectivity index is 2.17. The highest BCUT2D eigenvalue weighted by atomic mass is 79.9. The maximum Gasteiger partial charge on any atom is 0.417 e. The van der Waals surface area contributed by atoms with Crippen molar-refractivity contribution in [3.63, 3.8) is 0 Å². The number of nitrogens with one attached hydrogen (secondary N) is 1. The van der Waals surface area contributed by atoms with Crippen LogP contribution < -0.4 is 5.32 Å². The van der Waals surface area contributed by atoms with E-state index in [-0.39, 0.29) is 11.0 Å². The summed E-state index contributed by atoms with van der Waals surface area (Å²) < 4.78 is 39.1. The van der Waals surface area contributed by atoms with E-state index in [9.17, 15) is 18.0 Å². The van der Waals surface area contributed by atoms with Crippen LogP contribution in [-0.4, -0.2) is 17.8 Å². The molecular formula is C13H12Br2F3NO. The van der Waals surface area contributed by atoms with E-state index in [1.54, 1.807) is 0 Å². The highest BCUT2D eigenvalue weighted by Gasteiger charge is 2.42. The summed E-state index contributed by atoms with van der Waals surface area (Å²) in [6.45, 7) is 0.393. The third kappa shape index (κ3) is 3.55. The number of carbonyl (C=O) groups excluding carboxylic acids is 1. The molecule has 1 aliphatic rings. The van der Waals surface area contributed by atoms with E-state index >= 15 is 0 Å². The van der Waals surface area contributed by atoms with Gasteiger partial charge in [-0.25, -0.2) is 0 Å². The van der Waals surface area contributed by atoms with Crippen molar-refractivity contribution in [3.8, 4) is 0 Å². The summed E-state index contributed by atoms with van der Waals surface area (Å²) in [5, 5.41) is 3.34. The van der Waals surface area contributed by atoms with Crippen LogP contribution in [0.3, 0.4) is 0 Å². The largest absolute Gasteiger partial charge is 0.417 e. The molecule has 0 aromatic heterocycles. The lowest BCUT2D eigenvalue weighted by Gasteiger charge is -2.16. The lowest BCUT2D eigenvalue weighted by molar-refractivity contribution is -0.138. The number of carbonyl (C=O) groups is 1. The number of benzene rings is 1. The Morgan fingerprint density at radius 2 is 2.00 bits per heavy atom. The minimum atomic E-state index is -4.55.